The van der Waals surface area contributed by atoms with E-state index in [0.29, 0.717) is 12.0 Å². The fourth-order valence-electron chi connectivity index (χ4n) is 3.46. The number of hydrogen-bond acceptors (Lipinski definition) is 2. The summed E-state index contributed by atoms with van der Waals surface area (Å²) < 4.78 is 13.2. The highest BCUT2D eigenvalue weighted by Gasteiger charge is 2.41. The van der Waals surface area contributed by atoms with Crippen LogP contribution < -0.4 is 10.6 Å². The molecule has 0 bridgehead atoms. The van der Waals surface area contributed by atoms with Gasteiger partial charge in [0, 0.05) is 30.7 Å². The monoisotopic (exact) mass is 264 g/mol. The lowest BCUT2D eigenvalue weighted by molar-refractivity contribution is 0.173. The molecule has 0 unspecified atom stereocenters. The predicted octanol–water partition coefficient (Wildman–Crippen LogP) is 3.69. The summed E-state index contributed by atoms with van der Waals surface area (Å²) in [4.78, 5) is 2.35. The standard InChI is InChI=1S/C16H25FN2/c1-3-7-16(8-4-2)11-19(12-16)15-6-5-14(17)9-13(15)10-18/h5-6,9H,3-4,7-8,10-12,18H2,1-2H3. The summed E-state index contributed by atoms with van der Waals surface area (Å²) in [6.45, 7) is 7.09. The van der Waals surface area contributed by atoms with Gasteiger partial charge in [0.2, 0.25) is 0 Å². The number of benzene rings is 1. The van der Waals surface area contributed by atoms with E-state index in [1.165, 1.54) is 31.7 Å². The molecule has 1 aromatic carbocycles. The van der Waals surface area contributed by atoms with E-state index in [2.05, 4.69) is 18.7 Å². The third-order valence-corrected chi connectivity index (χ3v) is 4.22. The van der Waals surface area contributed by atoms with Crippen LogP contribution in [0.3, 0.4) is 0 Å². The third kappa shape index (κ3) is 2.92. The summed E-state index contributed by atoms with van der Waals surface area (Å²) in [5.74, 6) is -0.196. The Morgan fingerprint density at radius 1 is 1.21 bits per heavy atom. The summed E-state index contributed by atoms with van der Waals surface area (Å²) in [7, 11) is 0. The van der Waals surface area contributed by atoms with Crippen LogP contribution in [-0.4, -0.2) is 13.1 Å². The van der Waals surface area contributed by atoms with E-state index >= 15 is 0 Å². The first-order valence-electron chi connectivity index (χ1n) is 7.37. The Bertz CT molecular complexity index is 417. The molecule has 0 saturated carbocycles. The second-order valence-electron chi connectivity index (χ2n) is 5.83. The normalized spacial score (nSPS) is 17.4. The smallest absolute Gasteiger partial charge is 0.123 e. The van der Waals surface area contributed by atoms with Crippen molar-refractivity contribution < 1.29 is 4.39 Å². The lowest BCUT2D eigenvalue weighted by atomic mass is 9.72. The molecule has 0 atom stereocenters. The number of hydrogen-bond donors (Lipinski definition) is 1. The summed E-state index contributed by atoms with van der Waals surface area (Å²) >= 11 is 0. The van der Waals surface area contributed by atoms with Crippen LogP contribution in [0.15, 0.2) is 18.2 Å². The summed E-state index contributed by atoms with van der Waals surface area (Å²) in [5.41, 5.74) is 8.24. The van der Waals surface area contributed by atoms with Crippen LogP contribution in [-0.2, 0) is 6.54 Å². The lowest BCUT2D eigenvalue weighted by Crippen LogP contribution is -2.56. The fraction of sp³-hybridized carbons (Fsp3) is 0.625. The number of anilines is 1. The molecule has 0 aromatic heterocycles. The van der Waals surface area contributed by atoms with E-state index in [1.807, 2.05) is 6.07 Å². The Kier molecular flexibility index (Phi) is 4.46. The highest BCUT2D eigenvalue weighted by Crippen LogP contribution is 2.42. The van der Waals surface area contributed by atoms with Crippen molar-refractivity contribution >= 4 is 5.69 Å². The minimum atomic E-state index is -0.196. The van der Waals surface area contributed by atoms with Gasteiger partial charge in [-0.25, -0.2) is 4.39 Å². The van der Waals surface area contributed by atoms with Crippen molar-refractivity contribution in [1.82, 2.24) is 0 Å². The Labute approximate surface area is 115 Å². The summed E-state index contributed by atoms with van der Waals surface area (Å²) in [6.07, 6.45) is 5.05. The molecule has 2 rings (SSSR count). The van der Waals surface area contributed by atoms with E-state index in [4.69, 9.17) is 5.73 Å². The van der Waals surface area contributed by atoms with Gasteiger partial charge in [0.1, 0.15) is 5.82 Å². The van der Waals surface area contributed by atoms with Crippen LogP contribution in [0, 0.1) is 11.2 Å². The van der Waals surface area contributed by atoms with Crippen molar-refractivity contribution in [3.05, 3.63) is 29.6 Å². The van der Waals surface area contributed by atoms with Crippen molar-refractivity contribution in [2.24, 2.45) is 11.1 Å². The van der Waals surface area contributed by atoms with Crippen molar-refractivity contribution in [2.75, 3.05) is 18.0 Å². The van der Waals surface area contributed by atoms with E-state index in [-0.39, 0.29) is 5.82 Å². The Balaban J connectivity index is 2.10. The van der Waals surface area contributed by atoms with Gasteiger partial charge >= 0.3 is 0 Å². The molecule has 106 valence electrons. The van der Waals surface area contributed by atoms with Crippen LogP contribution in [0.1, 0.15) is 45.1 Å². The van der Waals surface area contributed by atoms with Gasteiger partial charge in [-0.2, -0.15) is 0 Å². The Morgan fingerprint density at radius 2 is 1.84 bits per heavy atom. The number of halogens is 1. The molecule has 0 amide bonds. The molecular formula is C16H25FN2. The van der Waals surface area contributed by atoms with Gasteiger partial charge in [0.25, 0.3) is 0 Å². The molecule has 19 heavy (non-hydrogen) atoms. The molecule has 0 radical (unpaired) electrons. The maximum absolute atomic E-state index is 13.2. The van der Waals surface area contributed by atoms with Gasteiger partial charge in [-0.1, -0.05) is 26.7 Å². The zero-order valence-electron chi connectivity index (χ0n) is 12.1. The number of nitrogens with two attached hydrogens (primary N) is 1. The second-order valence-corrected chi connectivity index (χ2v) is 5.83. The molecule has 2 N–H and O–H groups in total. The molecular weight excluding hydrogens is 239 g/mol. The molecule has 1 aliphatic rings. The minimum Gasteiger partial charge on any atom is -0.370 e. The van der Waals surface area contributed by atoms with Crippen LogP contribution >= 0.6 is 0 Å². The van der Waals surface area contributed by atoms with Gasteiger partial charge in [-0.3, -0.25) is 0 Å². The van der Waals surface area contributed by atoms with Crippen molar-refractivity contribution in [3.8, 4) is 0 Å². The molecule has 3 heteroatoms. The lowest BCUT2D eigenvalue weighted by Gasteiger charge is -2.52. The van der Waals surface area contributed by atoms with Crippen molar-refractivity contribution in [3.63, 3.8) is 0 Å². The van der Waals surface area contributed by atoms with Gasteiger partial charge < -0.3 is 10.6 Å². The zero-order valence-corrected chi connectivity index (χ0v) is 12.1. The van der Waals surface area contributed by atoms with Gasteiger partial charge in [0.05, 0.1) is 0 Å². The molecule has 1 aromatic rings. The Morgan fingerprint density at radius 3 is 2.37 bits per heavy atom. The van der Waals surface area contributed by atoms with E-state index in [9.17, 15) is 4.39 Å². The number of nitrogens with zero attached hydrogens (tertiary/aromatic N) is 1. The molecule has 2 nitrogen and oxygen atoms in total. The van der Waals surface area contributed by atoms with Gasteiger partial charge in [-0.15, -0.1) is 0 Å². The maximum atomic E-state index is 13.2. The first-order valence-corrected chi connectivity index (χ1v) is 7.37. The first kappa shape index (κ1) is 14.3. The van der Waals surface area contributed by atoms with Gasteiger partial charge in [-0.05, 0) is 36.6 Å². The molecule has 1 fully saturated rings. The highest BCUT2D eigenvalue weighted by atomic mass is 19.1. The molecule has 1 heterocycles. The van der Waals surface area contributed by atoms with Crippen LogP contribution in [0.2, 0.25) is 0 Å². The largest absolute Gasteiger partial charge is 0.370 e. The zero-order chi connectivity index (χ0) is 13.9. The minimum absolute atomic E-state index is 0.196. The molecule has 0 aliphatic carbocycles. The maximum Gasteiger partial charge on any atom is 0.123 e. The average molecular weight is 264 g/mol. The highest BCUT2D eigenvalue weighted by molar-refractivity contribution is 5.56. The molecule has 1 aliphatic heterocycles. The molecule has 1 saturated heterocycles. The first-order chi connectivity index (χ1) is 9.14. The van der Waals surface area contributed by atoms with E-state index in [1.54, 1.807) is 6.07 Å². The SMILES string of the molecule is CCCC1(CCC)CN(c2ccc(F)cc2CN)C1. The summed E-state index contributed by atoms with van der Waals surface area (Å²) in [6, 6.07) is 4.97. The van der Waals surface area contributed by atoms with E-state index < -0.39 is 0 Å². The fourth-order valence-corrected chi connectivity index (χ4v) is 3.46. The molecule has 0 spiro atoms. The quantitative estimate of drug-likeness (QED) is 0.849. The van der Waals surface area contributed by atoms with Crippen LogP contribution in [0.5, 0.6) is 0 Å². The Hall–Kier alpha value is -1.09. The van der Waals surface area contributed by atoms with Crippen molar-refractivity contribution in [1.29, 1.82) is 0 Å². The topological polar surface area (TPSA) is 29.3 Å². The summed E-state index contributed by atoms with van der Waals surface area (Å²) in [5, 5.41) is 0. The second kappa shape index (κ2) is 5.91. The van der Waals surface area contributed by atoms with E-state index in [0.717, 1.165) is 24.3 Å². The average Bonchev–Trinajstić information content (AvgIpc) is 2.36. The third-order valence-electron chi connectivity index (χ3n) is 4.22. The predicted molar refractivity (Wildman–Crippen MR) is 78.8 cm³/mol. The van der Waals surface area contributed by atoms with Crippen molar-refractivity contribution in [2.45, 2.75) is 46.1 Å². The van der Waals surface area contributed by atoms with Gasteiger partial charge in [0.15, 0.2) is 0 Å². The van der Waals surface area contributed by atoms with Crippen LogP contribution in [0.4, 0.5) is 10.1 Å². The van der Waals surface area contributed by atoms with Crippen LogP contribution in [0.25, 0.3) is 0 Å². The number of rotatable bonds is 6.